The van der Waals surface area contributed by atoms with Crippen molar-refractivity contribution in [2.24, 2.45) is 0 Å². The molecule has 0 bridgehead atoms. The predicted octanol–water partition coefficient (Wildman–Crippen LogP) is 3.47. The maximum absolute atomic E-state index is 5.43. The molecule has 0 saturated carbocycles. The summed E-state index contributed by atoms with van der Waals surface area (Å²) in [7, 11) is 0. The Morgan fingerprint density at radius 3 is 2.25 bits per heavy atom. The highest BCUT2D eigenvalue weighted by Crippen LogP contribution is 2.23. The summed E-state index contributed by atoms with van der Waals surface area (Å²) in [6.45, 7) is 12.7. The van der Waals surface area contributed by atoms with E-state index < -0.39 is 0 Å². The molecule has 0 saturated heterocycles. The number of aromatic nitrogens is 2. The molecule has 3 nitrogen and oxygen atoms in total. The Bertz CT molecular complexity index is 311. The molecule has 0 atom stereocenters. The van der Waals surface area contributed by atoms with Gasteiger partial charge in [-0.15, -0.1) is 0 Å². The molecule has 1 aliphatic rings. The van der Waals surface area contributed by atoms with Crippen molar-refractivity contribution in [1.82, 2.24) is 9.97 Å². The molecule has 0 fully saturated rings. The van der Waals surface area contributed by atoms with Crippen LogP contribution in [-0.4, -0.2) is 16.6 Å². The highest BCUT2D eigenvalue weighted by Gasteiger charge is 2.14. The molecule has 1 aromatic rings. The van der Waals surface area contributed by atoms with Gasteiger partial charge in [-0.1, -0.05) is 27.7 Å². The van der Waals surface area contributed by atoms with E-state index in [0.29, 0.717) is 0 Å². The summed E-state index contributed by atoms with van der Waals surface area (Å²) < 4.78 is 5.43. The first kappa shape index (κ1) is 14.9. The quantitative estimate of drug-likeness (QED) is 0.677. The Morgan fingerprint density at radius 1 is 1.00 bits per heavy atom. The lowest BCUT2D eigenvalue weighted by molar-refractivity contribution is 0.273. The van der Waals surface area contributed by atoms with Crippen LogP contribution in [0.2, 0.25) is 0 Å². The third-order valence-corrected chi connectivity index (χ3v) is 2.10. The minimum Gasteiger partial charge on any atom is -0.477 e. The molecule has 3 heteroatoms. The Morgan fingerprint density at radius 2 is 1.62 bits per heavy atom. The molecular formula is C13H24N2O. The van der Waals surface area contributed by atoms with Crippen LogP contribution in [0.3, 0.4) is 0 Å². The summed E-state index contributed by atoms with van der Waals surface area (Å²) in [5, 5.41) is 0. The van der Waals surface area contributed by atoms with E-state index in [2.05, 4.69) is 9.97 Å². The Kier molecular flexibility index (Phi) is 7.52. The van der Waals surface area contributed by atoms with E-state index in [4.69, 9.17) is 4.74 Å². The normalized spacial score (nSPS) is 12.1. The van der Waals surface area contributed by atoms with Gasteiger partial charge in [0.1, 0.15) is 5.82 Å². The van der Waals surface area contributed by atoms with Crippen LogP contribution in [-0.2, 0) is 6.42 Å². The van der Waals surface area contributed by atoms with Crippen molar-refractivity contribution in [3.63, 3.8) is 0 Å². The van der Waals surface area contributed by atoms with Crippen LogP contribution < -0.4 is 4.74 Å². The van der Waals surface area contributed by atoms with Crippen molar-refractivity contribution in [2.75, 3.05) is 6.61 Å². The first-order valence-electron chi connectivity index (χ1n) is 6.24. The van der Waals surface area contributed by atoms with Gasteiger partial charge in [0.05, 0.1) is 6.61 Å². The maximum atomic E-state index is 5.43. The van der Waals surface area contributed by atoms with E-state index >= 15 is 0 Å². The van der Waals surface area contributed by atoms with E-state index in [9.17, 15) is 0 Å². The number of aryl methyl sites for hydroxylation is 2. The highest BCUT2D eigenvalue weighted by molar-refractivity contribution is 5.31. The first-order valence-corrected chi connectivity index (χ1v) is 6.24. The average molecular weight is 224 g/mol. The summed E-state index contributed by atoms with van der Waals surface area (Å²) in [6.07, 6.45) is 2.14. The number of hydrogen-bond donors (Lipinski definition) is 0. The van der Waals surface area contributed by atoms with Gasteiger partial charge in [-0.05, 0) is 26.7 Å². The Labute approximate surface area is 99.3 Å². The van der Waals surface area contributed by atoms with Gasteiger partial charge in [0, 0.05) is 11.3 Å². The molecule has 1 aliphatic heterocycles. The van der Waals surface area contributed by atoms with Crippen LogP contribution in [0.15, 0.2) is 0 Å². The summed E-state index contributed by atoms with van der Waals surface area (Å²) in [5.74, 6) is 1.60. The van der Waals surface area contributed by atoms with Gasteiger partial charge in [0.2, 0.25) is 5.88 Å². The fraction of sp³-hybridized carbons (Fsp3) is 0.692. The smallest absolute Gasteiger partial charge is 0.220 e. The maximum Gasteiger partial charge on any atom is 0.220 e. The topological polar surface area (TPSA) is 35.0 Å². The average Bonchev–Trinajstić information content (AvgIpc) is 2.34. The van der Waals surface area contributed by atoms with Crippen molar-refractivity contribution in [1.29, 1.82) is 0 Å². The Hall–Kier alpha value is -1.12. The van der Waals surface area contributed by atoms with E-state index in [-0.39, 0.29) is 0 Å². The molecule has 0 N–H and O–H groups in total. The van der Waals surface area contributed by atoms with Gasteiger partial charge >= 0.3 is 0 Å². The molecule has 0 amide bonds. The zero-order valence-electron chi connectivity index (χ0n) is 11.4. The fourth-order valence-electron chi connectivity index (χ4n) is 1.53. The van der Waals surface area contributed by atoms with E-state index in [0.717, 1.165) is 36.8 Å². The number of nitrogens with zero attached hydrogens (tertiary/aromatic N) is 2. The molecule has 0 radical (unpaired) electrons. The second-order valence-electron chi connectivity index (χ2n) is 3.09. The Balaban J connectivity index is 0.000000509. The minimum atomic E-state index is 0.795. The molecule has 2 rings (SSSR count). The van der Waals surface area contributed by atoms with Crippen LogP contribution in [0, 0.1) is 13.8 Å². The summed E-state index contributed by atoms with van der Waals surface area (Å²) in [6, 6.07) is 0. The van der Waals surface area contributed by atoms with Gasteiger partial charge in [-0.25, -0.2) is 4.98 Å². The van der Waals surface area contributed by atoms with Crippen LogP contribution in [0.1, 0.15) is 51.2 Å². The molecular weight excluding hydrogens is 200 g/mol. The number of fused-ring (bicyclic) bond motifs is 1. The zero-order chi connectivity index (χ0) is 12.6. The largest absolute Gasteiger partial charge is 0.477 e. The minimum absolute atomic E-state index is 0.795. The fourth-order valence-corrected chi connectivity index (χ4v) is 1.53. The van der Waals surface area contributed by atoms with Gasteiger partial charge in [0.25, 0.3) is 0 Å². The monoisotopic (exact) mass is 224 g/mol. The van der Waals surface area contributed by atoms with Gasteiger partial charge in [-0.2, -0.15) is 4.98 Å². The van der Waals surface area contributed by atoms with Crippen LogP contribution in [0.25, 0.3) is 0 Å². The highest BCUT2D eigenvalue weighted by atomic mass is 16.5. The zero-order valence-corrected chi connectivity index (χ0v) is 11.4. The van der Waals surface area contributed by atoms with Crippen molar-refractivity contribution < 1.29 is 4.74 Å². The van der Waals surface area contributed by atoms with Gasteiger partial charge in [-0.3, -0.25) is 0 Å². The predicted molar refractivity (Wildman–Crippen MR) is 68.0 cm³/mol. The van der Waals surface area contributed by atoms with Crippen LogP contribution in [0.5, 0.6) is 5.88 Å². The number of hydrogen-bond acceptors (Lipinski definition) is 3. The van der Waals surface area contributed by atoms with Crippen LogP contribution >= 0.6 is 0 Å². The SMILES string of the molecule is CC.CC.Cc1nc(C)c2c(n1)OCCC2. The second-order valence-corrected chi connectivity index (χ2v) is 3.09. The van der Waals surface area contributed by atoms with E-state index in [1.165, 1.54) is 5.56 Å². The van der Waals surface area contributed by atoms with Crippen molar-refractivity contribution in [3.8, 4) is 5.88 Å². The molecule has 0 aliphatic carbocycles. The lowest BCUT2D eigenvalue weighted by Crippen LogP contribution is -2.13. The molecule has 1 aromatic heterocycles. The number of rotatable bonds is 0. The molecule has 2 heterocycles. The second kappa shape index (κ2) is 8.08. The first-order chi connectivity index (χ1) is 7.77. The lowest BCUT2D eigenvalue weighted by Gasteiger charge is -2.17. The summed E-state index contributed by atoms with van der Waals surface area (Å²) in [4.78, 5) is 8.54. The van der Waals surface area contributed by atoms with Gasteiger partial charge in [0.15, 0.2) is 0 Å². The third kappa shape index (κ3) is 3.80. The van der Waals surface area contributed by atoms with Crippen LogP contribution in [0.4, 0.5) is 0 Å². The third-order valence-electron chi connectivity index (χ3n) is 2.10. The van der Waals surface area contributed by atoms with E-state index in [1.54, 1.807) is 0 Å². The van der Waals surface area contributed by atoms with Crippen molar-refractivity contribution in [3.05, 3.63) is 17.1 Å². The molecule has 0 aromatic carbocycles. The van der Waals surface area contributed by atoms with Gasteiger partial charge < -0.3 is 4.74 Å². The van der Waals surface area contributed by atoms with Crippen molar-refractivity contribution in [2.45, 2.75) is 54.4 Å². The summed E-state index contributed by atoms with van der Waals surface area (Å²) >= 11 is 0. The van der Waals surface area contributed by atoms with Crippen molar-refractivity contribution >= 4 is 0 Å². The molecule has 0 unspecified atom stereocenters. The standard InChI is InChI=1S/C9H12N2O.2C2H6/c1-6-8-4-3-5-12-9(8)11-7(2)10-6;2*1-2/h3-5H2,1-2H3;2*1-2H3. The summed E-state index contributed by atoms with van der Waals surface area (Å²) in [5.41, 5.74) is 2.25. The lowest BCUT2D eigenvalue weighted by atomic mass is 10.1. The number of ether oxygens (including phenoxy) is 1. The van der Waals surface area contributed by atoms with E-state index in [1.807, 2.05) is 41.5 Å². The molecule has 92 valence electrons. The molecule has 16 heavy (non-hydrogen) atoms. The molecule has 0 spiro atoms.